The quantitative estimate of drug-likeness (QED) is 0.306. The van der Waals surface area contributed by atoms with E-state index in [0.29, 0.717) is 21.4 Å². The fraction of sp³-hybridized carbons (Fsp3) is 0.0455. The smallest absolute Gasteiger partial charge is 0.267 e. The number of para-hydroxylation sites is 1. The molecule has 1 aliphatic heterocycles. The Balaban J connectivity index is 1.64. The van der Waals surface area contributed by atoms with Crippen molar-refractivity contribution in [1.82, 2.24) is 4.90 Å². The van der Waals surface area contributed by atoms with Gasteiger partial charge in [0.05, 0.1) is 23.9 Å². The molecule has 3 aromatic rings. The van der Waals surface area contributed by atoms with Crippen LogP contribution in [0.2, 0.25) is 0 Å². The van der Waals surface area contributed by atoms with Crippen LogP contribution in [0.3, 0.4) is 0 Å². The maximum atomic E-state index is 13.0. The van der Waals surface area contributed by atoms with Crippen LogP contribution in [0.4, 0.5) is 0 Å². The molecule has 2 aromatic carbocycles. The number of phenolic OH excluding ortho intramolecular Hbond substituents is 1. The van der Waals surface area contributed by atoms with Gasteiger partial charge in [0.25, 0.3) is 5.91 Å². The fourth-order valence-electron chi connectivity index (χ4n) is 2.77. The fourth-order valence-corrected chi connectivity index (χ4v) is 4.12. The van der Waals surface area contributed by atoms with Crippen molar-refractivity contribution in [2.45, 2.75) is 6.54 Å². The summed E-state index contributed by atoms with van der Waals surface area (Å²) < 4.78 is 6.33. The number of rotatable bonds is 5. The zero-order valence-electron chi connectivity index (χ0n) is 15.6. The number of hydrogen-bond donors (Lipinski definition) is 1. The van der Waals surface area contributed by atoms with E-state index >= 15 is 0 Å². The summed E-state index contributed by atoms with van der Waals surface area (Å²) in [6, 6.07) is 18.1. The van der Waals surface area contributed by atoms with Crippen LogP contribution in [-0.4, -0.2) is 27.3 Å². The van der Waals surface area contributed by atoms with Crippen molar-refractivity contribution in [2.24, 2.45) is 10.2 Å². The topological polar surface area (TPSA) is 78.4 Å². The summed E-state index contributed by atoms with van der Waals surface area (Å²) in [5.74, 6) is 0.581. The van der Waals surface area contributed by atoms with Crippen molar-refractivity contribution in [3.8, 4) is 5.75 Å². The lowest BCUT2D eigenvalue weighted by Crippen LogP contribution is -2.28. The SMILES string of the molecule is O=C1/C(=C/c2cccc(Br)c2)S/C(=N/N=C\c2ccccc2O)N1Cc1ccco1. The molecule has 0 unspecified atom stereocenters. The molecule has 1 aliphatic rings. The normalized spacial score (nSPS) is 17.0. The molecule has 1 N–H and O–H groups in total. The van der Waals surface area contributed by atoms with Gasteiger partial charge in [-0.15, -0.1) is 5.10 Å². The monoisotopic (exact) mass is 481 g/mol. The molecule has 150 valence electrons. The van der Waals surface area contributed by atoms with E-state index in [4.69, 9.17) is 4.42 Å². The third kappa shape index (κ3) is 4.72. The number of hydrogen-bond acceptors (Lipinski definition) is 6. The molecule has 1 fully saturated rings. The lowest BCUT2D eigenvalue weighted by Gasteiger charge is -2.12. The predicted molar refractivity (Wildman–Crippen MR) is 122 cm³/mol. The Kier molecular flexibility index (Phi) is 6.15. The summed E-state index contributed by atoms with van der Waals surface area (Å²) in [6.07, 6.45) is 4.84. The first kappa shape index (κ1) is 20.2. The minimum Gasteiger partial charge on any atom is -0.507 e. The number of nitrogens with zero attached hydrogens (tertiary/aromatic N) is 3. The van der Waals surface area contributed by atoms with Gasteiger partial charge in [0.15, 0.2) is 5.17 Å². The molecule has 1 aromatic heterocycles. The molecular formula is C22H16BrN3O3S. The van der Waals surface area contributed by atoms with E-state index in [1.165, 1.54) is 22.9 Å². The number of thioether (sulfide) groups is 1. The van der Waals surface area contributed by atoms with E-state index in [0.717, 1.165) is 10.0 Å². The highest BCUT2D eigenvalue weighted by Crippen LogP contribution is 2.34. The van der Waals surface area contributed by atoms with Crippen LogP contribution in [0.25, 0.3) is 6.08 Å². The maximum absolute atomic E-state index is 13.0. The molecular weight excluding hydrogens is 466 g/mol. The molecule has 0 atom stereocenters. The second-order valence-corrected chi connectivity index (χ2v) is 8.25. The van der Waals surface area contributed by atoms with Gasteiger partial charge in [-0.05, 0) is 59.8 Å². The van der Waals surface area contributed by atoms with Gasteiger partial charge in [-0.2, -0.15) is 5.10 Å². The maximum Gasteiger partial charge on any atom is 0.267 e. The Morgan fingerprint density at radius 1 is 1.13 bits per heavy atom. The van der Waals surface area contributed by atoms with Gasteiger partial charge in [0.1, 0.15) is 11.5 Å². The third-order valence-electron chi connectivity index (χ3n) is 4.21. The molecule has 4 rings (SSSR count). The second kappa shape index (κ2) is 9.15. The molecule has 2 heterocycles. The van der Waals surface area contributed by atoms with Crippen LogP contribution in [0.1, 0.15) is 16.9 Å². The summed E-state index contributed by atoms with van der Waals surface area (Å²) in [6.45, 7) is 0.250. The van der Waals surface area contributed by atoms with Crippen LogP contribution >= 0.6 is 27.7 Å². The molecule has 8 heteroatoms. The van der Waals surface area contributed by atoms with E-state index in [1.807, 2.05) is 30.3 Å². The van der Waals surface area contributed by atoms with Crippen molar-refractivity contribution in [1.29, 1.82) is 0 Å². The highest BCUT2D eigenvalue weighted by molar-refractivity contribution is 9.10. The largest absolute Gasteiger partial charge is 0.507 e. The van der Waals surface area contributed by atoms with Gasteiger partial charge in [-0.25, -0.2) is 0 Å². The van der Waals surface area contributed by atoms with E-state index in [2.05, 4.69) is 26.1 Å². The molecule has 6 nitrogen and oxygen atoms in total. The Labute approximate surface area is 185 Å². The Bertz CT molecular complexity index is 1160. The molecule has 1 amide bonds. The number of halogens is 1. The predicted octanol–water partition coefficient (Wildman–Crippen LogP) is 5.25. The molecule has 30 heavy (non-hydrogen) atoms. The van der Waals surface area contributed by atoms with E-state index in [-0.39, 0.29) is 18.2 Å². The molecule has 0 aliphatic carbocycles. The number of carbonyl (C=O) groups is 1. The summed E-state index contributed by atoms with van der Waals surface area (Å²) in [4.78, 5) is 15.1. The number of amidine groups is 1. The summed E-state index contributed by atoms with van der Waals surface area (Å²) in [7, 11) is 0. The zero-order chi connectivity index (χ0) is 20.9. The summed E-state index contributed by atoms with van der Waals surface area (Å²) >= 11 is 4.69. The average molecular weight is 482 g/mol. The second-order valence-electron chi connectivity index (χ2n) is 6.32. The zero-order valence-corrected chi connectivity index (χ0v) is 18.0. The molecule has 0 saturated carbocycles. The molecule has 0 bridgehead atoms. The lowest BCUT2D eigenvalue weighted by molar-refractivity contribution is -0.122. The summed E-state index contributed by atoms with van der Waals surface area (Å²) in [5.41, 5.74) is 1.44. The molecule has 1 saturated heterocycles. The van der Waals surface area contributed by atoms with Gasteiger partial charge >= 0.3 is 0 Å². The Hall–Kier alpha value is -3.10. The number of carbonyl (C=O) groups excluding carboxylic acids is 1. The van der Waals surface area contributed by atoms with Crippen molar-refractivity contribution < 1.29 is 14.3 Å². The first-order valence-corrected chi connectivity index (χ1v) is 10.6. The first-order chi connectivity index (χ1) is 14.6. The van der Waals surface area contributed by atoms with Gasteiger partial charge < -0.3 is 9.52 Å². The van der Waals surface area contributed by atoms with Crippen LogP contribution < -0.4 is 0 Å². The van der Waals surface area contributed by atoms with E-state index in [9.17, 15) is 9.90 Å². The molecule has 0 radical (unpaired) electrons. The van der Waals surface area contributed by atoms with Crippen LogP contribution in [-0.2, 0) is 11.3 Å². The Morgan fingerprint density at radius 2 is 2.00 bits per heavy atom. The minimum atomic E-state index is -0.173. The van der Waals surface area contributed by atoms with Crippen molar-refractivity contribution >= 4 is 51.1 Å². The van der Waals surface area contributed by atoms with Gasteiger partial charge in [-0.1, -0.05) is 40.2 Å². The minimum absolute atomic E-state index is 0.110. The van der Waals surface area contributed by atoms with Gasteiger partial charge in [0.2, 0.25) is 0 Å². The highest BCUT2D eigenvalue weighted by Gasteiger charge is 2.34. The lowest BCUT2D eigenvalue weighted by atomic mass is 10.2. The highest BCUT2D eigenvalue weighted by atomic mass is 79.9. The number of furan rings is 1. The standard InChI is InChI=1S/C22H16BrN3O3S/c23-17-7-3-5-15(11-17)12-20-21(28)26(14-18-8-4-10-29-18)22(30-20)25-24-13-16-6-1-2-9-19(16)27/h1-13,27H,14H2/b20-12-,24-13-,25-22+. The number of phenols is 1. The number of benzene rings is 2. The van der Waals surface area contributed by atoms with Gasteiger partial charge in [0, 0.05) is 10.0 Å². The molecule has 0 spiro atoms. The van der Waals surface area contributed by atoms with Crippen molar-refractivity contribution in [3.05, 3.63) is 93.2 Å². The van der Waals surface area contributed by atoms with Crippen LogP contribution in [0.5, 0.6) is 5.75 Å². The number of amides is 1. The van der Waals surface area contributed by atoms with Crippen LogP contribution in [0.15, 0.2) is 90.9 Å². The van der Waals surface area contributed by atoms with Crippen LogP contribution in [0, 0.1) is 0 Å². The number of aromatic hydroxyl groups is 1. The van der Waals surface area contributed by atoms with Crippen molar-refractivity contribution in [3.63, 3.8) is 0 Å². The third-order valence-corrected chi connectivity index (χ3v) is 5.70. The summed E-state index contributed by atoms with van der Waals surface area (Å²) in [5, 5.41) is 18.6. The van der Waals surface area contributed by atoms with Gasteiger partial charge in [-0.3, -0.25) is 9.69 Å². The first-order valence-electron chi connectivity index (χ1n) is 8.98. The Morgan fingerprint density at radius 3 is 2.77 bits per heavy atom. The van der Waals surface area contributed by atoms with Crippen molar-refractivity contribution in [2.75, 3.05) is 0 Å². The average Bonchev–Trinajstić information content (AvgIpc) is 3.34. The van der Waals surface area contributed by atoms with E-state index in [1.54, 1.807) is 42.7 Å². The van der Waals surface area contributed by atoms with E-state index < -0.39 is 0 Å².